The summed E-state index contributed by atoms with van der Waals surface area (Å²) in [7, 11) is 0. The van der Waals surface area contributed by atoms with Crippen LogP contribution in [-0.2, 0) is 6.54 Å². The molecule has 0 fully saturated rings. The molecular weight excluding hydrogens is 184 g/mol. The second kappa shape index (κ2) is 5.76. The van der Waals surface area contributed by atoms with Gasteiger partial charge in [-0.05, 0) is 30.5 Å². The molecule has 0 heterocycles. The number of benzene rings is 1. The molecule has 2 N–H and O–H groups in total. The van der Waals surface area contributed by atoms with Crippen LogP contribution in [0.3, 0.4) is 0 Å². The molecule has 1 aromatic carbocycles. The predicted molar refractivity (Wildman–Crippen MR) is 67.1 cm³/mol. The van der Waals surface area contributed by atoms with Crippen molar-refractivity contribution in [1.82, 2.24) is 0 Å². The summed E-state index contributed by atoms with van der Waals surface area (Å²) in [4.78, 5) is 2.39. The van der Waals surface area contributed by atoms with Crippen LogP contribution < -0.4 is 10.6 Å². The summed E-state index contributed by atoms with van der Waals surface area (Å²) in [6.45, 7) is 9.47. The molecule has 0 saturated heterocycles. The number of rotatable bonds is 5. The van der Waals surface area contributed by atoms with Crippen molar-refractivity contribution in [3.63, 3.8) is 0 Å². The van der Waals surface area contributed by atoms with Crippen LogP contribution in [0.5, 0.6) is 0 Å². The fraction of sp³-hybridized carbons (Fsp3) is 0.538. The lowest BCUT2D eigenvalue weighted by Gasteiger charge is -2.25. The van der Waals surface area contributed by atoms with Gasteiger partial charge >= 0.3 is 0 Å². The zero-order valence-electron chi connectivity index (χ0n) is 10.0. The van der Waals surface area contributed by atoms with Gasteiger partial charge in [0.2, 0.25) is 0 Å². The van der Waals surface area contributed by atoms with Crippen LogP contribution in [0.15, 0.2) is 24.3 Å². The molecule has 0 atom stereocenters. The van der Waals surface area contributed by atoms with E-state index < -0.39 is 0 Å². The maximum Gasteiger partial charge on any atom is 0.0366 e. The van der Waals surface area contributed by atoms with Crippen molar-refractivity contribution in [3.8, 4) is 0 Å². The third-order valence-corrected chi connectivity index (χ3v) is 2.50. The van der Waals surface area contributed by atoms with Gasteiger partial charge in [0.1, 0.15) is 0 Å². The number of nitrogens with zero attached hydrogens (tertiary/aromatic N) is 1. The van der Waals surface area contributed by atoms with Crippen LogP contribution in [-0.4, -0.2) is 13.1 Å². The first-order valence-electron chi connectivity index (χ1n) is 5.71. The van der Waals surface area contributed by atoms with E-state index in [9.17, 15) is 0 Å². The van der Waals surface area contributed by atoms with Gasteiger partial charge in [0.05, 0.1) is 0 Å². The van der Waals surface area contributed by atoms with Gasteiger partial charge < -0.3 is 10.6 Å². The molecule has 2 heteroatoms. The van der Waals surface area contributed by atoms with Gasteiger partial charge in [0.25, 0.3) is 0 Å². The van der Waals surface area contributed by atoms with E-state index in [4.69, 9.17) is 5.73 Å². The Morgan fingerprint density at radius 1 is 1.20 bits per heavy atom. The average molecular weight is 206 g/mol. The minimum Gasteiger partial charge on any atom is -0.372 e. The minimum absolute atomic E-state index is 0.622. The summed E-state index contributed by atoms with van der Waals surface area (Å²) in [6.07, 6.45) is 0. The van der Waals surface area contributed by atoms with E-state index in [1.807, 2.05) is 0 Å². The molecule has 0 radical (unpaired) electrons. The van der Waals surface area contributed by atoms with E-state index in [-0.39, 0.29) is 0 Å². The maximum atomic E-state index is 5.58. The van der Waals surface area contributed by atoms with Crippen molar-refractivity contribution >= 4 is 5.69 Å². The SMILES string of the molecule is CCN(CC(C)C)c1ccc(CN)cc1. The highest BCUT2D eigenvalue weighted by Gasteiger charge is 2.05. The van der Waals surface area contributed by atoms with Crippen molar-refractivity contribution in [2.24, 2.45) is 11.7 Å². The van der Waals surface area contributed by atoms with Crippen LogP contribution >= 0.6 is 0 Å². The Bertz CT molecular complexity index is 277. The maximum absolute atomic E-state index is 5.58. The normalized spacial score (nSPS) is 10.7. The first-order chi connectivity index (χ1) is 7.17. The van der Waals surface area contributed by atoms with Gasteiger partial charge in [-0.2, -0.15) is 0 Å². The molecule has 0 bridgehead atoms. The van der Waals surface area contributed by atoms with E-state index in [1.54, 1.807) is 0 Å². The second-order valence-corrected chi connectivity index (χ2v) is 4.30. The quantitative estimate of drug-likeness (QED) is 0.802. The average Bonchev–Trinajstić information content (AvgIpc) is 2.26. The summed E-state index contributed by atoms with van der Waals surface area (Å²) in [6, 6.07) is 8.54. The van der Waals surface area contributed by atoms with E-state index in [0.29, 0.717) is 12.5 Å². The smallest absolute Gasteiger partial charge is 0.0366 e. The first-order valence-corrected chi connectivity index (χ1v) is 5.71. The highest BCUT2D eigenvalue weighted by atomic mass is 15.1. The lowest BCUT2D eigenvalue weighted by molar-refractivity contribution is 0.619. The third kappa shape index (κ3) is 3.56. The van der Waals surface area contributed by atoms with Gasteiger partial charge in [0.15, 0.2) is 0 Å². The second-order valence-electron chi connectivity index (χ2n) is 4.30. The fourth-order valence-electron chi connectivity index (χ4n) is 1.70. The van der Waals surface area contributed by atoms with Gasteiger partial charge in [0, 0.05) is 25.3 Å². The van der Waals surface area contributed by atoms with Crippen molar-refractivity contribution in [2.75, 3.05) is 18.0 Å². The number of anilines is 1. The molecule has 0 amide bonds. The molecule has 1 rings (SSSR count). The minimum atomic E-state index is 0.622. The van der Waals surface area contributed by atoms with E-state index in [2.05, 4.69) is 49.9 Å². The summed E-state index contributed by atoms with van der Waals surface area (Å²) < 4.78 is 0. The summed E-state index contributed by atoms with van der Waals surface area (Å²) in [5, 5.41) is 0. The molecule has 0 aliphatic carbocycles. The molecule has 0 saturated carbocycles. The van der Waals surface area contributed by atoms with E-state index in [0.717, 1.165) is 13.1 Å². The van der Waals surface area contributed by atoms with Gasteiger partial charge in [-0.25, -0.2) is 0 Å². The van der Waals surface area contributed by atoms with Crippen molar-refractivity contribution < 1.29 is 0 Å². The van der Waals surface area contributed by atoms with Gasteiger partial charge in [-0.3, -0.25) is 0 Å². The molecule has 15 heavy (non-hydrogen) atoms. The molecule has 0 unspecified atom stereocenters. The molecule has 0 aromatic heterocycles. The lowest BCUT2D eigenvalue weighted by atomic mass is 10.1. The topological polar surface area (TPSA) is 29.3 Å². The highest BCUT2D eigenvalue weighted by molar-refractivity contribution is 5.47. The number of hydrogen-bond donors (Lipinski definition) is 1. The fourth-order valence-corrected chi connectivity index (χ4v) is 1.70. The molecular formula is C13H22N2. The zero-order valence-corrected chi connectivity index (χ0v) is 10.0. The number of nitrogens with two attached hydrogens (primary N) is 1. The Labute approximate surface area is 93.1 Å². The Kier molecular flexibility index (Phi) is 4.63. The standard InChI is InChI=1S/C13H22N2/c1-4-15(10-11(2)3)13-7-5-12(9-14)6-8-13/h5-8,11H,4,9-10,14H2,1-3H3. The molecule has 2 nitrogen and oxygen atoms in total. The van der Waals surface area contributed by atoms with Gasteiger partial charge in [-0.15, -0.1) is 0 Å². The molecule has 84 valence electrons. The Morgan fingerprint density at radius 2 is 1.80 bits per heavy atom. The Hall–Kier alpha value is -1.02. The van der Waals surface area contributed by atoms with E-state index >= 15 is 0 Å². The van der Waals surface area contributed by atoms with Crippen LogP contribution in [0.4, 0.5) is 5.69 Å². The van der Waals surface area contributed by atoms with Crippen LogP contribution in [0.1, 0.15) is 26.3 Å². The van der Waals surface area contributed by atoms with E-state index in [1.165, 1.54) is 11.3 Å². The zero-order chi connectivity index (χ0) is 11.3. The Morgan fingerprint density at radius 3 is 2.20 bits per heavy atom. The summed E-state index contributed by atoms with van der Waals surface area (Å²) >= 11 is 0. The van der Waals surface area contributed by atoms with Gasteiger partial charge in [-0.1, -0.05) is 26.0 Å². The Balaban J connectivity index is 2.74. The third-order valence-electron chi connectivity index (χ3n) is 2.50. The van der Waals surface area contributed by atoms with Crippen molar-refractivity contribution in [1.29, 1.82) is 0 Å². The molecule has 0 spiro atoms. The first kappa shape index (κ1) is 12.1. The number of hydrogen-bond acceptors (Lipinski definition) is 2. The summed E-state index contributed by atoms with van der Waals surface area (Å²) in [5.41, 5.74) is 8.06. The van der Waals surface area contributed by atoms with Crippen LogP contribution in [0.25, 0.3) is 0 Å². The predicted octanol–water partition coefficient (Wildman–Crippen LogP) is 2.63. The molecule has 0 aliphatic rings. The van der Waals surface area contributed by atoms with Crippen LogP contribution in [0, 0.1) is 5.92 Å². The van der Waals surface area contributed by atoms with Crippen LogP contribution in [0.2, 0.25) is 0 Å². The monoisotopic (exact) mass is 206 g/mol. The highest BCUT2D eigenvalue weighted by Crippen LogP contribution is 2.16. The molecule has 1 aromatic rings. The van der Waals surface area contributed by atoms with Crippen molar-refractivity contribution in [2.45, 2.75) is 27.3 Å². The largest absolute Gasteiger partial charge is 0.372 e. The van der Waals surface area contributed by atoms with Crippen molar-refractivity contribution in [3.05, 3.63) is 29.8 Å². The summed E-state index contributed by atoms with van der Waals surface area (Å²) in [5.74, 6) is 0.694. The molecule has 0 aliphatic heterocycles. The lowest BCUT2D eigenvalue weighted by Crippen LogP contribution is -2.27.